The molecule has 152 valence electrons. The van der Waals surface area contributed by atoms with Crippen molar-refractivity contribution in [3.05, 3.63) is 69.5 Å². The molecule has 0 aliphatic heterocycles. The van der Waals surface area contributed by atoms with E-state index in [0.717, 1.165) is 0 Å². The van der Waals surface area contributed by atoms with Gasteiger partial charge in [0.05, 0.1) is 11.4 Å². The number of hydrogen-bond donors (Lipinski definition) is 1. The first-order chi connectivity index (χ1) is 13.7. The maximum absolute atomic E-state index is 12.9. The van der Waals surface area contributed by atoms with Crippen molar-refractivity contribution in [3.63, 3.8) is 0 Å². The number of nitrogens with zero attached hydrogens (tertiary/aromatic N) is 2. The SMILES string of the molecule is Cc1cc(C(=O)O[C@@H](C)C(=O)Nc2c(C)n(C)n(-c3ccccc3)c2=O)c(C)o1. The number of esters is 1. The van der Waals surface area contributed by atoms with Crippen LogP contribution in [0.3, 0.4) is 0 Å². The molecule has 3 rings (SSSR count). The molecule has 0 fully saturated rings. The monoisotopic (exact) mass is 397 g/mol. The second-order valence-corrected chi connectivity index (χ2v) is 6.80. The predicted molar refractivity (Wildman–Crippen MR) is 107 cm³/mol. The van der Waals surface area contributed by atoms with E-state index in [1.165, 1.54) is 11.6 Å². The highest BCUT2D eigenvalue weighted by atomic mass is 16.5. The number of carbonyl (C=O) groups is 2. The van der Waals surface area contributed by atoms with Gasteiger partial charge in [-0.25, -0.2) is 9.48 Å². The van der Waals surface area contributed by atoms with E-state index < -0.39 is 18.0 Å². The Kier molecular flexibility index (Phi) is 5.45. The first-order valence-corrected chi connectivity index (χ1v) is 9.13. The van der Waals surface area contributed by atoms with E-state index in [4.69, 9.17) is 9.15 Å². The molecule has 1 atom stereocenters. The van der Waals surface area contributed by atoms with Crippen LogP contribution in [0.1, 0.15) is 34.5 Å². The number of aromatic nitrogens is 2. The van der Waals surface area contributed by atoms with E-state index in [1.807, 2.05) is 18.2 Å². The second kappa shape index (κ2) is 7.83. The molecule has 0 saturated heterocycles. The molecule has 0 aliphatic carbocycles. The van der Waals surface area contributed by atoms with Gasteiger partial charge in [-0.1, -0.05) is 18.2 Å². The Bertz CT molecular complexity index is 1120. The largest absolute Gasteiger partial charge is 0.466 e. The van der Waals surface area contributed by atoms with Gasteiger partial charge in [-0.15, -0.1) is 0 Å². The van der Waals surface area contributed by atoms with E-state index in [-0.39, 0.29) is 16.8 Å². The lowest BCUT2D eigenvalue weighted by molar-refractivity contribution is -0.123. The van der Waals surface area contributed by atoms with Gasteiger partial charge in [0.1, 0.15) is 22.8 Å². The van der Waals surface area contributed by atoms with Gasteiger partial charge >= 0.3 is 5.97 Å². The molecule has 0 unspecified atom stereocenters. The third kappa shape index (κ3) is 3.87. The number of amides is 1. The van der Waals surface area contributed by atoms with Gasteiger partial charge in [-0.2, -0.15) is 0 Å². The number of carbonyl (C=O) groups excluding carboxylic acids is 2. The van der Waals surface area contributed by atoms with E-state index in [1.54, 1.807) is 50.7 Å². The number of benzene rings is 1. The Morgan fingerprint density at radius 1 is 1.14 bits per heavy atom. The lowest BCUT2D eigenvalue weighted by Gasteiger charge is -2.12. The first kappa shape index (κ1) is 20.2. The second-order valence-electron chi connectivity index (χ2n) is 6.80. The molecule has 2 aromatic heterocycles. The van der Waals surface area contributed by atoms with Gasteiger partial charge in [-0.05, 0) is 45.9 Å². The standard InChI is InChI=1S/C21H23N3O5/c1-12-11-17(14(3)28-12)21(27)29-15(4)19(25)22-18-13(2)23(5)24(20(18)26)16-9-7-6-8-10-16/h6-11,15H,1-5H3,(H,22,25)/t15-/m0/s1. The summed E-state index contributed by atoms with van der Waals surface area (Å²) >= 11 is 0. The number of aryl methyl sites for hydroxylation is 2. The van der Waals surface area contributed by atoms with Crippen LogP contribution in [0, 0.1) is 20.8 Å². The minimum Gasteiger partial charge on any atom is -0.466 e. The molecule has 0 radical (unpaired) electrons. The van der Waals surface area contributed by atoms with Crippen LogP contribution in [0.5, 0.6) is 0 Å². The third-order valence-corrected chi connectivity index (χ3v) is 4.72. The fraction of sp³-hybridized carbons (Fsp3) is 0.286. The van der Waals surface area contributed by atoms with E-state index in [2.05, 4.69) is 5.32 Å². The molecule has 29 heavy (non-hydrogen) atoms. The zero-order valence-corrected chi connectivity index (χ0v) is 17.0. The molecule has 1 aromatic carbocycles. The van der Waals surface area contributed by atoms with Gasteiger partial charge in [0.15, 0.2) is 6.10 Å². The molecule has 1 amide bonds. The number of anilines is 1. The Morgan fingerprint density at radius 3 is 2.38 bits per heavy atom. The van der Waals surface area contributed by atoms with Crippen molar-refractivity contribution < 1.29 is 18.7 Å². The fourth-order valence-electron chi connectivity index (χ4n) is 3.05. The third-order valence-electron chi connectivity index (χ3n) is 4.72. The number of hydrogen-bond acceptors (Lipinski definition) is 5. The van der Waals surface area contributed by atoms with Crippen LogP contribution < -0.4 is 10.9 Å². The van der Waals surface area contributed by atoms with E-state index in [0.29, 0.717) is 22.9 Å². The maximum Gasteiger partial charge on any atom is 0.342 e. The zero-order valence-electron chi connectivity index (χ0n) is 17.0. The van der Waals surface area contributed by atoms with Crippen molar-refractivity contribution in [2.24, 2.45) is 7.05 Å². The molecular weight excluding hydrogens is 374 g/mol. The summed E-state index contributed by atoms with van der Waals surface area (Å²) in [5.41, 5.74) is 1.29. The summed E-state index contributed by atoms with van der Waals surface area (Å²) < 4.78 is 13.7. The summed E-state index contributed by atoms with van der Waals surface area (Å²) in [5.74, 6) is -0.256. The number of rotatable bonds is 5. The molecule has 0 spiro atoms. The van der Waals surface area contributed by atoms with Crippen LogP contribution in [0.4, 0.5) is 5.69 Å². The van der Waals surface area contributed by atoms with Crippen molar-refractivity contribution in [3.8, 4) is 5.69 Å². The number of para-hydroxylation sites is 1. The molecule has 3 aromatic rings. The number of ether oxygens (including phenoxy) is 1. The highest BCUT2D eigenvalue weighted by Crippen LogP contribution is 2.17. The summed E-state index contributed by atoms with van der Waals surface area (Å²) in [6.45, 7) is 6.54. The molecule has 8 nitrogen and oxygen atoms in total. The van der Waals surface area contributed by atoms with Crippen LogP contribution in [0.25, 0.3) is 5.69 Å². The van der Waals surface area contributed by atoms with Crippen molar-refractivity contribution in [1.82, 2.24) is 9.36 Å². The predicted octanol–water partition coefficient (Wildman–Crippen LogP) is 2.88. The van der Waals surface area contributed by atoms with Crippen molar-refractivity contribution >= 4 is 17.6 Å². The van der Waals surface area contributed by atoms with E-state index >= 15 is 0 Å². The summed E-state index contributed by atoms with van der Waals surface area (Å²) in [6.07, 6.45) is -1.10. The Hall–Kier alpha value is -3.55. The number of nitrogens with one attached hydrogen (secondary N) is 1. The van der Waals surface area contributed by atoms with Crippen LogP contribution in [-0.4, -0.2) is 27.3 Å². The topological polar surface area (TPSA) is 95.5 Å². The lowest BCUT2D eigenvalue weighted by Crippen LogP contribution is -2.32. The van der Waals surface area contributed by atoms with Crippen molar-refractivity contribution in [2.75, 3.05) is 5.32 Å². The fourth-order valence-corrected chi connectivity index (χ4v) is 3.05. The summed E-state index contributed by atoms with van der Waals surface area (Å²) in [7, 11) is 1.73. The minimum absolute atomic E-state index is 0.139. The van der Waals surface area contributed by atoms with Crippen LogP contribution in [0.2, 0.25) is 0 Å². The normalized spacial score (nSPS) is 11.9. The average Bonchev–Trinajstić information content (AvgIpc) is 3.13. The first-order valence-electron chi connectivity index (χ1n) is 9.13. The van der Waals surface area contributed by atoms with Gasteiger partial charge in [-0.3, -0.25) is 14.3 Å². The van der Waals surface area contributed by atoms with Gasteiger partial charge < -0.3 is 14.5 Å². The summed E-state index contributed by atoms with van der Waals surface area (Å²) in [4.78, 5) is 37.7. The Labute approximate surface area is 167 Å². The highest BCUT2D eigenvalue weighted by molar-refractivity contribution is 5.97. The molecule has 2 heterocycles. The molecule has 0 bridgehead atoms. The lowest BCUT2D eigenvalue weighted by atomic mass is 10.2. The maximum atomic E-state index is 12.9. The van der Waals surface area contributed by atoms with Crippen LogP contribution >= 0.6 is 0 Å². The van der Waals surface area contributed by atoms with Crippen LogP contribution in [-0.2, 0) is 16.6 Å². The van der Waals surface area contributed by atoms with Gasteiger partial charge in [0, 0.05) is 7.05 Å². The number of furan rings is 1. The molecule has 0 saturated carbocycles. The van der Waals surface area contributed by atoms with Crippen molar-refractivity contribution in [2.45, 2.75) is 33.8 Å². The Balaban J connectivity index is 1.79. The highest BCUT2D eigenvalue weighted by Gasteiger charge is 2.25. The molecule has 0 aliphatic rings. The van der Waals surface area contributed by atoms with Gasteiger partial charge in [0.25, 0.3) is 11.5 Å². The van der Waals surface area contributed by atoms with Gasteiger partial charge in [0.2, 0.25) is 0 Å². The smallest absolute Gasteiger partial charge is 0.342 e. The average molecular weight is 397 g/mol. The van der Waals surface area contributed by atoms with E-state index in [9.17, 15) is 14.4 Å². The Morgan fingerprint density at radius 2 is 1.79 bits per heavy atom. The zero-order chi connectivity index (χ0) is 21.3. The summed E-state index contributed by atoms with van der Waals surface area (Å²) in [6, 6.07) is 10.7. The molecule has 1 N–H and O–H groups in total. The van der Waals surface area contributed by atoms with Crippen LogP contribution in [0.15, 0.2) is 45.6 Å². The molecular formula is C21H23N3O5. The van der Waals surface area contributed by atoms with Crippen molar-refractivity contribution in [1.29, 1.82) is 0 Å². The minimum atomic E-state index is -1.10. The quantitative estimate of drug-likeness (QED) is 0.668. The molecule has 8 heteroatoms. The summed E-state index contributed by atoms with van der Waals surface area (Å²) in [5, 5.41) is 2.59.